The SMILES string of the molecule is CO[C@]1(C)CCOC(C)[C@@H]1O. The van der Waals surface area contributed by atoms with Crippen LogP contribution in [-0.4, -0.2) is 36.6 Å². The summed E-state index contributed by atoms with van der Waals surface area (Å²) in [7, 11) is 1.63. The summed E-state index contributed by atoms with van der Waals surface area (Å²) >= 11 is 0. The van der Waals surface area contributed by atoms with E-state index in [4.69, 9.17) is 9.47 Å². The van der Waals surface area contributed by atoms with Gasteiger partial charge in [0.2, 0.25) is 0 Å². The van der Waals surface area contributed by atoms with E-state index in [0.29, 0.717) is 6.61 Å². The zero-order valence-electron chi connectivity index (χ0n) is 7.33. The Bertz CT molecular complexity index is 137. The highest BCUT2D eigenvalue weighted by Gasteiger charge is 2.40. The number of aliphatic hydroxyl groups excluding tert-OH is 1. The fourth-order valence-corrected chi connectivity index (χ4v) is 1.41. The summed E-state index contributed by atoms with van der Waals surface area (Å²) in [6.45, 7) is 4.44. The van der Waals surface area contributed by atoms with Crippen molar-refractivity contribution in [1.29, 1.82) is 0 Å². The Balaban J connectivity index is 2.64. The molecule has 3 heteroatoms. The van der Waals surface area contributed by atoms with Crippen LogP contribution in [0.1, 0.15) is 20.3 Å². The van der Waals surface area contributed by atoms with Crippen LogP contribution in [0.5, 0.6) is 0 Å². The van der Waals surface area contributed by atoms with Gasteiger partial charge in [0.15, 0.2) is 0 Å². The van der Waals surface area contributed by atoms with E-state index in [0.717, 1.165) is 6.42 Å². The number of ether oxygens (including phenoxy) is 2. The van der Waals surface area contributed by atoms with E-state index in [1.54, 1.807) is 7.11 Å². The van der Waals surface area contributed by atoms with Gasteiger partial charge in [-0.3, -0.25) is 0 Å². The molecule has 1 fully saturated rings. The minimum atomic E-state index is -0.513. The summed E-state index contributed by atoms with van der Waals surface area (Å²) in [5.74, 6) is 0. The van der Waals surface area contributed by atoms with Gasteiger partial charge in [0, 0.05) is 20.1 Å². The second-order valence-corrected chi connectivity index (χ2v) is 3.29. The predicted octanol–water partition coefficient (Wildman–Crippen LogP) is 0.561. The van der Waals surface area contributed by atoms with Gasteiger partial charge in [-0.1, -0.05) is 0 Å². The first-order chi connectivity index (χ1) is 5.10. The highest BCUT2D eigenvalue weighted by Crippen LogP contribution is 2.27. The van der Waals surface area contributed by atoms with Crippen molar-refractivity contribution >= 4 is 0 Å². The average molecular weight is 160 g/mol. The third-order valence-electron chi connectivity index (χ3n) is 2.52. The van der Waals surface area contributed by atoms with Crippen molar-refractivity contribution in [3.05, 3.63) is 0 Å². The van der Waals surface area contributed by atoms with Crippen molar-refractivity contribution < 1.29 is 14.6 Å². The van der Waals surface area contributed by atoms with Gasteiger partial charge in [-0.05, 0) is 13.8 Å². The molecule has 1 heterocycles. The molecule has 1 N–H and O–H groups in total. The van der Waals surface area contributed by atoms with E-state index in [-0.39, 0.29) is 6.10 Å². The molecule has 0 aromatic rings. The Kier molecular flexibility index (Phi) is 2.52. The molecule has 1 aliphatic heterocycles. The number of hydrogen-bond donors (Lipinski definition) is 1. The van der Waals surface area contributed by atoms with Crippen molar-refractivity contribution in [1.82, 2.24) is 0 Å². The lowest BCUT2D eigenvalue weighted by Gasteiger charge is -2.40. The van der Waals surface area contributed by atoms with Gasteiger partial charge in [0.25, 0.3) is 0 Å². The van der Waals surface area contributed by atoms with Gasteiger partial charge in [0.05, 0.1) is 11.7 Å². The molecule has 1 aliphatic rings. The van der Waals surface area contributed by atoms with Gasteiger partial charge >= 0.3 is 0 Å². The van der Waals surface area contributed by atoms with Crippen molar-refractivity contribution in [3.63, 3.8) is 0 Å². The van der Waals surface area contributed by atoms with Crippen LogP contribution in [0.2, 0.25) is 0 Å². The molecule has 3 atom stereocenters. The van der Waals surface area contributed by atoms with E-state index < -0.39 is 11.7 Å². The summed E-state index contributed by atoms with van der Waals surface area (Å²) in [6.07, 6.45) is 0.129. The number of methoxy groups -OCH3 is 1. The third-order valence-corrected chi connectivity index (χ3v) is 2.52. The highest BCUT2D eigenvalue weighted by molar-refractivity contribution is 4.90. The number of rotatable bonds is 1. The molecule has 11 heavy (non-hydrogen) atoms. The zero-order valence-corrected chi connectivity index (χ0v) is 7.33. The summed E-state index contributed by atoms with van der Waals surface area (Å²) < 4.78 is 10.5. The van der Waals surface area contributed by atoms with Crippen molar-refractivity contribution in [3.8, 4) is 0 Å². The van der Waals surface area contributed by atoms with Gasteiger partial charge in [-0.25, -0.2) is 0 Å². The van der Waals surface area contributed by atoms with Gasteiger partial charge < -0.3 is 14.6 Å². The lowest BCUT2D eigenvalue weighted by atomic mass is 9.89. The smallest absolute Gasteiger partial charge is 0.109 e. The Morgan fingerprint density at radius 3 is 2.73 bits per heavy atom. The predicted molar refractivity (Wildman–Crippen MR) is 41.5 cm³/mol. The van der Waals surface area contributed by atoms with E-state index >= 15 is 0 Å². The van der Waals surface area contributed by atoms with Crippen LogP contribution in [0.3, 0.4) is 0 Å². The molecule has 0 aromatic carbocycles. The third kappa shape index (κ3) is 1.55. The quantitative estimate of drug-likeness (QED) is 0.609. The van der Waals surface area contributed by atoms with Gasteiger partial charge in [-0.15, -0.1) is 0 Å². The molecule has 0 aromatic heterocycles. The van der Waals surface area contributed by atoms with E-state index in [1.807, 2.05) is 13.8 Å². The molecule has 0 bridgehead atoms. The molecule has 66 valence electrons. The normalized spacial score (nSPS) is 45.8. The molecular weight excluding hydrogens is 144 g/mol. The average Bonchev–Trinajstić information content (AvgIpc) is 2.00. The van der Waals surface area contributed by atoms with Crippen LogP contribution in [0.4, 0.5) is 0 Å². The first-order valence-electron chi connectivity index (χ1n) is 3.95. The minimum Gasteiger partial charge on any atom is -0.387 e. The largest absolute Gasteiger partial charge is 0.387 e. The number of aliphatic hydroxyl groups is 1. The van der Waals surface area contributed by atoms with Crippen LogP contribution in [0.15, 0.2) is 0 Å². The molecule has 0 amide bonds. The molecule has 0 radical (unpaired) electrons. The molecule has 0 saturated carbocycles. The minimum absolute atomic E-state index is 0.117. The van der Waals surface area contributed by atoms with Gasteiger partial charge in [-0.2, -0.15) is 0 Å². The highest BCUT2D eigenvalue weighted by atomic mass is 16.5. The summed E-state index contributed by atoms with van der Waals surface area (Å²) in [5, 5.41) is 9.65. The standard InChI is InChI=1S/C8H16O3/c1-6-7(9)8(2,10-3)4-5-11-6/h6-7,9H,4-5H2,1-3H3/t6?,7-,8+/m0/s1. The fourth-order valence-electron chi connectivity index (χ4n) is 1.41. The maximum atomic E-state index is 9.65. The monoisotopic (exact) mass is 160 g/mol. The maximum absolute atomic E-state index is 9.65. The van der Waals surface area contributed by atoms with Crippen molar-refractivity contribution in [2.75, 3.05) is 13.7 Å². The maximum Gasteiger partial charge on any atom is 0.109 e. The molecule has 0 aliphatic carbocycles. The second kappa shape index (κ2) is 3.09. The Morgan fingerprint density at radius 2 is 2.27 bits per heavy atom. The van der Waals surface area contributed by atoms with E-state index in [9.17, 15) is 5.11 Å². The fraction of sp³-hybridized carbons (Fsp3) is 1.00. The van der Waals surface area contributed by atoms with Gasteiger partial charge in [0.1, 0.15) is 6.10 Å². The summed E-state index contributed by atoms with van der Waals surface area (Å²) in [6, 6.07) is 0. The van der Waals surface area contributed by atoms with Crippen LogP contribution in [0, 0.1) is 0 Å². The van der Waals surface area contributed by atoms with E-state index in [1.165, 1.54) is 0 Å². The summed E-state index contributed by atoms with van der Waals surface area (Å²) in [5.41, 5.74) is -0.419. The first kappa shape index (κ1) is 8.97. The molecular formula is C8H16O3. The Labute approximate surface area is 67.3 Å². The van der Waals surface area contributed by atoms with Crippen molar-refractivity contribution in [2.24, 2.45) is 0 Å². The summed E-state index contributed by atoms with van der Waals surface area (Å²) in [4.78, 5) is 0. The topological polar surface area (TPSA) is 38.7 Å². The van der Waals surface area contributed by atoms with Crippen LogP contribution < -0.4 is 0 Å². The van der Waals surface area contributed by atoms with Crippen molar-refractivity contribution in [2.45, 2.75) is 38.1 Å². The lowest BCUT2D eigenvalue weighted by Crippen LogP contribution is -2.52. The van der Waals surface area contributed by atoms with Crippen LogP contribution >= 0.6 is 0 Å². The zero-order chi connectivity index (χ0) is 8.48. The van der Waals surface area contributed by atoms with Crippen LogP contribution in [-0.2, 0) is 9.47 Å². The first-order valence-corrected chi connectivity index (χ1v) is 3.95. The number of hydrogen-bond acceptors (Lipinski definition) is 3. The molecule has 3 nitrogen and oxygen atoms in total. The van der Waals surface area contributed by atoms with E-state index in [2.05, 4.69) is 0 Å². The lowest BCUT2D eigenvalue weighted by molar-refractivity contribution is -0.188. The molecule has 1 rings (SSSR count). The molecule has 1 unspecified atom stereocenters. The molecule has 1 saturated heterocycles. The second-order valence-electron chi connectivity index (χ2n) is 3.29. The Morgan fingerprint density at radius 1 is 1.64 bits per heavy atom. The van der Waals surface area contributed by atoms with Crippen LogP contribution in [0.25, 0.3) is 0 Å². The molecule has 0 spiro atoms. The Hall–Kier alpha value is -0.120.